The van der Waals surface area contributed by atoms with E-state index in [2.05, 4.69) is 0 Å². The van der Waals surface area contributed by atoms with Gasteiger partial charge in [-0.15, -0.1) is 0 Å². The zero-order valence-corrected chi connectivity index (χ0v) is 14.8. The van der Waals surface area contributed by atoms with Crippen LogP contribution >= 0.6 is 11.8 Å². The van der Waals surface area contributed by atoms with Crippen molar-refractivity contribution in [2.45, 2.75) is 25.7 Å². The average Bonchev–Trinajstić information content (AvgIpc) is 2.81. The lowest BCUT2D eigenvalue weighted by molar-refractivity contribution is -0.136. The van der Waals surface area contributed by atoms with Crippen LogP contribution in [0.1, 0.15) is 23.6 Å². The Morgan fingerprint density at radius 2 is 1.62 bits per heavy atom. The van der Waals surface area contributed by atoms with E-state index in [0.717, 1.165) is 16.0 Å². The minimum Gasteiger partial charge on any atom is -0.274 e. The first-order valence-electron chi connectivity index (χ1n) is 7.94. The number of amides is 2. The highest BCUT2D eigenvalue weighted by Crippen LogP contribution is 2.39. The van der Waals surface area contributed by atoms with Crippen molar-refractivity contribution >= 4 is 29.1 Å². The summed E-state index contributed by atoms with van der Waals surface area (Å²) in [5.74, 6) is -0.409. The van der Waals surface area contributed by atoms with Gasteiger partial charge >= 0.3 is 0 Å². The van der Waals surface area contributed by atoms with Gasteiger partial charge in [-0.05, 0) is 49.6 Å². The summed E-state index contributed by atoms with van der Waals surface area (Å²) < 4.78 is 0. The summed E-state index contributed by atoms with van der Waals surface area (Å²) in [6, 6.07) is 15.6. The second-order valence-electron chi connectivity index (χ2n) is 5.77. The number of carbonyl (C=O) groups is 2. The molecule has 0 saturated heterocycles. The first-order valence-corrected chi connectivity index (χ1v) is 8.75. The van der Waals surface area contributed by atoms with Crippen molar-refractivity contribution in [3.8, 4) is 0 Å². The summed E-state index contributed by atoms with van der Waals surface area (Å²) in [4.78, 5) is 28.3. The van der Waals surface area contributed by atoms with Crippen molar-refractivity contribution in [2.24, 2.45) is 0 Å². The SMILES string of the molecule is CCN1C(=O)C(Sc2ccccc2)=C(c2ccc(C)c(C)c2)C1=O. The Hall–Kier alpha value is -2.33. The summed E-state index contributed by atoms with van der Waals surface area (Å²) in [5.41, 5.74) is 3.60. The molecule has 2 aromatic carbocycles. The van der Waals surface area contributed by atoms with Crippen LogP contribution in [0.4, 0.5) is 0 Å². The van der Waals surface area contributed by atoms with Gasteiger partial charge in [0.25, 0.3) is 11.8 Å². The second-order valence-corrected chi connectivity index (χ2v) is 6.86. The first-order chi connectivity index (χ1) is 11.5. The third kappa shape index (κ3) is 2.89. The molecule has 0 atom stereocenters. The van der Waals surface area contributed by atoms with Crippen LogP contribution in [-0.2, 0) is 9.59 Å². The third-order valence-electron chi connectivity index (χ3n) is 4.20. The zero-order chi connectivity index (χ0) is 17.3. The van der Waals surface area contributed by atoms with E-state index in [1.165, 1.54) is 22.2 Å². The van der Waals surface area contributed by atoms with Gasteiger partial charge in [-0.3, -0.25) is 14.5 Å². The van der Waals surface area contributed by atoms with Crippen molar-refractivity contribution in [1.82, 2.24) is 4.90 Å². The molecule has 0 unspecified atom stereocenters. The molecule has 0 aromatic heterocycles. The number of hydrogen-bond acceptors (Lipinski definition) is 3. The zero-order valence-electron chi connectivity index (χ0n) is 14.0. The van der Waals surface area contributed by atoms with E-state index in [1.54, 1.807) is 0 Å². The average molecular weight is 337 g/mol. The predicted octanol–water partition coefficient (Wildman–Crippen LogP) is 4.20. The van der Waals surface area contributed by atoms with Gasteiger partial charge < -0.3 is 0 Å². The molecule has 0 radical (unpaired) electrons. The monoisotopic (exact) mass is 337 g/mol. The van der Waals surface area contributed by atoms with Crippen molar-refractivity contribution in [3.05, 3.63) is 70.1 Å². The minimum atomic E-state index is -0.204. The molecule has 24 heavy (non-hydrogen) atoms. The number of hydrogen-bond donors (Lipinski definition) is 0. The number of nitrogens with zero attached hydrogens (tertiary/aromatic N) is 1. The van der Waals surface area contributed by atoms with E-state index in [9.17, 15) is 9.59 Å². The lowest BCUT2D eigenvalue weighted by Gasteiger charge is -2.11. The summed E-state index contributed by atoms with van der Waals surface area (Å²) in [5, 5.41) is 0. The van der Waals surface area contributed by atoms with Gasteiger partial charge in [-0.2, -0.15) is 0 Å². The van der Waals surface area contributed by atoms with Crippen molar-refractivity contribution in [2.75, 3.05) is 6.54 Å². The minimum absolute atomic E-state index is 0.204. The molecule has 0 spiro atoms. The van der Waals surface area contributed by atoms with Crippen LogP contribution in [-0.4, -0.2) is 23.3 Å². The molecule has 0 saturated carbocycles. The second kappa shape index (κ2) is 6.65. The number of thioether (sulfide) groups is 1. The van der Waals surface area contributed by atoms with Gasteiger partial charge in [0, 0.05) is 11.4 Å². The van der Waals surface area contributed by atoms with Crippen molar-refractivity contribution < 1.29 is 9.59 Å². The maximum absolute atomic E-state index is 12.8. The summed E-state index contributed by atoms with van der Waals surface area (Å²) in [6.45, 7) is 6.25. The van der Waals surface area contributed by atoms with Crippen LogP contribution in [0.25, 0.3) is 5.57 Å². The Bertz CT molecular complexity index is 840. The summed E-state index contributed by atoms with van der Waals surface area (Å²) >= 11 is 1.36. The number of likely N-dealkylation sites (N-methyl/N-ethyl adjacent to an activating group) is 1. The van der Waals surface area contributed by atoms with E-state index in [1.807, 2.05) is 69.3 Å². The highest BCUT2D eigenvalue weighted by atomic mass is 32.2. The Balaban J connectivity index is 2.12. The molecule has 122 valence electrons. The van der Waals surface area contributed by atoms with Crippen molar-refractivity contribution in [3.63, 3.8) is 0 Å². The van der Waals surface area contributed by atoms with Gasteiger partial charge in [-0.1, -0.05) is 48.2 Å². The van der Waals surface area contributed by atoms with Crippen LogP contribution < -0.4 is 0 Å². The number of benzene rings is 2. The number of aryl methyl sites for hydroxylation is 2. The molecule has 0 fully saturated rings. The fourth-order valence-electron chi connectivity index (χ4n) is 2.69. The molecule has 4 heteroatoms. The summed E-state index contributed by atoms with van der Waals surface area (Å²) in [6.07, 6.45) is 0. The highest BCUT2D eigenvalue weighted by molar-refractivity contribution is 8.04. The van der Waals surface area contributed by atoms with Crippen molar-refractivity contribution in [1.29, 1.82) is 0 Å². The Labute approximate surface area is 146 Å². The maximum atomic E-state index is 12.8. The molecule has 0 N–H and O–H groups in total. The molecule has 1 aliphatic rings. The first kappa shape index (κ1) is 16.5. The van der Waals surface area contributed by atoms with E-state index in [-0.39, 0.29) is 11.8 Å². The van der Waals surface area contributed by atoms with Crippen LogP contribution in [0.3, 0.4) is 0 Å². The predicted molar refractivity (Wildman–Crippen MR) is 97.5 cm³/mol. The Morgan fingerprint density at radius 3 is 2.25 bits per heavy atom. The topological polar surface area (TPSA) is 37.4 Å². The fraction of sp³-hybridized carbons (Fsp3) is 0.200. The van der Waals surface area contributed by atoms with Gasteiger partial charge in [0.2, 0.25) is 0 Å². The van der Waals surface area contributed by atoms with E-state index in [4.69, 9.17) is 0 Å². The van der Waals surface area contributed by atoms with Crippen LogP contribution in [0, 0.1) is 13.8 Å². The third-order valence-corrected chi connectivity index (χ3v) is 5.29. The molecule has 1 aliphatic heterocycles. The van der Waals surface area contributed by atoms with Crippen LogP contribution in [0.5, 0.6) is 0 Å². The van der Waals surface area contributed by atoms with Gasteiger partial charge in [0.15, 0.2) is 0 Å². The molecule has 1 heterocycles. The van der Waals surface area contributed by atoms with Crippen LogP contribution in [0.2, 0.25) is 0 Å². The number of imide groups is 1. The number of carbonyl (C=O) groups excluding carboxylic acids is 2. The molecule has 2 amide bonds. The quantitative estimate of drug-likeness (QED) is 0.785. The van der Waals surface area contributed by atoms with E-state index < -0.39 is 0 Å². The summed E-state index contributed by atoms with van der Waals surface area (Å²) in [7, 11) is 0. The van der Waals surface area contributed by atoms with Gasteiger partial charge in [-0.25, -0.2) is 0 Å². The maximum Gasteiger partial charge on any atom is 0.268 e. The van der Waals surface area contributed by atoms with Gasteiger partial charge in [0.05, 0.1) is 10.5 Å². The molecule has 2 aromatic rings. The largest absolute Gasteiger partial charge is 0.274 e. The highest BCUT2D eigenvalue weighted by Gasteiger charge is 2.38. The molecule has 0 aliphatic carbocycles. The fourth-order valence-corrected chi connectivity index (χ4v) is 3.73. The Morgan fingerprint density at radius 1 is 0.917 bits per heavy atom. The molecule has 3 rings (SSSR count). The standard InChI is InChI=1S/C20H19NO2S/c1-4-21-19(22)17(15-11-10-13(2)14(3)12-15)18(20(21)23)24-16-8-6-5-7-9-16/h5-12H,4H2,1-3H3. The van der Waals surface area contributed by atoms with Gasteiger partial charge in [0.1, 0.15) is 0 Å². The van der Waals surface area contributed by atoms with E-state index >= 15 is 0 Å². The molecule has 0 bridgehead atoms. The smallest absolute Gasteiger partial charge is 0.268 e. The number of rotatable bonds is 4. The lowest BCUT2D eigenvalue weighted by Crippen LogP contribution is -2.31. The normalized spacial score (nSPS) is 14.7. The molecular weight excluding hydrogens is 318 g/mol. The lowest BCUT2D eigenvalue weighted by atomic mass is 10.0. The van der Waals surface area contributed by atoms with E-state index in [0.29, 0.717) is 17.0 Å². The van der Waals surface area contributed by atoms with Crippen LogP contribution in [0.15, 0.2) is 58.3 Å². The Kier molecular flexibility index (Phi) is 4.58. The molecule has 3 nitrogen and oxygen atoms in total. The molecular formula is C20H19NO2S.